The molecule has 0 spiro atoms. The number of allylic oxidation sites excluding steroid dienone is 1. The number of hydrogen-bond acceptors (Lipinski definition) is 11. The molecule has 330 valence electrons. The lowest BCUT2D eigenvalue weighted by molar-refractivity contribution is -0.384. The number of sulfonamides is 1. The van der Waals surface area contributed by atoms with Gasteiger partial charge < -0.3 is 29.6 Å². The van der Waals surface area contributed by atoms with Crippen LogP contribution in [0.4, 0.5) is 17.1 Å². The van der Waals surface area contributed by atoms with Gasteiger partial charge in [-0.3, -0.25) is 24.5 Å². The van der Waals surface area contributed by atoms with Crippen LogP contribution >= 0.6 is 11.6 Å². The van der Waals surface area contributed by atoms with E-state index in [9.17, 15) is 32.9 Å². The SMILES string of the molecule is CC1(C)CCC(CN(C=O)CCN(C=O)c2ccc(C(=O)NS(=O)(=O)c3ccc(NCC4CCOCC4)c([N+](=O)[O-])c3)c(Oc3cnc4[nH]ccc4c3)c2)=C(c2ccc(Cl)cc2)C1. The molecule has 3 aromatic carbocycles. The minimum atomic E-state index is -4.66. The molecule has 3 heterocycles. The summed E-state index contributed by atoms with van der Waals surface area (Å²) < 4.78 is 40.9. The lowest BCUT2D eigenvalue weighted by atomic mass is 9.72. The summed E-state index contributed by atoms with van der Waals surface area (Å²) in [6, 6.07) is 18.7. The van der Waals surface area contributed by atoms with E-state index < -0.39 is 31.4 Å². The number of amides is 3. The fourth-order valence-corrected chi connectivity index (χ4v) is 8.95. The van der Waals surface area contributed by atoms with Crippen molar-refractivity contribution in [2.75, 3.05) is 49.6 Å². The number of halogens is 1. The van der Waals surface area contributed by atoms with Crippen LogP contribution in [0, 0.1) is 21.4 Å². The first-order chi connectivity index (χ1) is 30.2. The fraction of sp³-hybridized carbons (Fsp3) is 0.333. The molecule has 3 amide bonds. The highest BCUT2D eigenvalue weighted by atomic mass is 35.5. The van der Waals surface area contributed by atoms with Gasteiger partial charge in [-0.05, 0) is 109 Å². The van der Waals surface area contributed by atoms with Gasteiger partial charge in [-0.15, -0.1) is 0 Å². The second-order valence-corrected chi connectivity index (χ2v) is 18.6. The van der Waals surface area contributed by atoms with Crippen molar-refractivity contribution in [3.8, 4) is 11.5 Å². The smallest absolute Gasteiger partial charge is 0.293 e. The molecule has 1 fully saturated rings. The quantitative estimate of drug-likeness (QED) is 0.0437. The molecule has 3 N–H and O–H groups in total. The van der Waals surface area contributed by atoms with Crippen molar-refractivity contribution in [2.24, 2.45) is 11.3 Å². The molecule has 5 aromatic rings. The highest BCUT2D eigenvalue weighted by Crippen LogP contribution is 2.43. The Hall–Kier alpha value is -6.30. The number of aromatic amines is 1. The Morgan fingerprint density at radius 3 is 2.56 bits per heavy atom. The fourth-order valence-electron chi connectivity index (χ4n) is 7.84. The highest BCUT2D eigenvalue weighted by molar-refractivity contribution is 7.90. The number of rotatable bonds is 18. The van der Waals surface area contributed by atoms with Crippen molar-refractivity contribution < 1.29 is 37.2 Å². The van der Waals surface area contributed by atoms with Gasteiger partial charge in [0.15, 0.2) is 0 Å². The third kappa shape index (κ3) is 11.0. The molecule has 18 heteroatoms. The second-order valence-electron chi connectivity index (χ2n) is 16.5. The lowest BCUT2D eigenvalue weighted by Crippen LogP contribution is -2.36. The molecule has 63 heavy (non-hydrogen) atoms. The lowest BCUT2D eigenvalue weighted by Gasteiger charge is -2.35. The standard InChI is InChI=1S/C45H48ClN7O9S/c1-45(2)15-11-33(39(24-45)31-3-5-34(46)6-4-31)27-51(28-54)17-18-52(29-55)35-7-9-38(42(22-35)62-36-21-32-12-16-47-43(32)49-26-36)44(56)50-63(59,60)37-8-10-40(41(23-37)53(57)58)48-25-30-13-19-61-20-14-30/h3-10,12,16,21-23,26,28-30,48H,11,13-15,17-20,24-25,27H2,1-2H3,(H,47,49)(H,50,56). The number of ether oxygens (including phenoxy) is 2. The summed E-state index contributed by atoms with van der Waals surface area (Å²) in [5.74, 6) is -0.763. The third-order valence-corrected chi connectivity index (χ3v) is 13.0. The summed E-state index contributed by atoms with van der Waals surface area (Å²) in [4.78, 5) is 60.1. The first-order valence-corrected chi connectivity index (χ1v) is 22.4. The number of H-pyrrole nitrogens is 1. The number of nitro benzene ring substituents is 1. The number of hydrogen-bond donors (Lipinski definition) is 3. The molecule has 2 aromatic heterocycles. The number of fused-ring (bicyclic) bond motifs is 1. The highest BCUT2D eigenvalue weighted by Gasteiger charge is 2.30. The minimum absolute atomic E-state index is 0.0733. The van der Waals surface area contributed by atoms with Crippen molar-refractivity contribution in [2.45, 2.75) is 50.8 Å². The average Bonchev–Trinajstić information content (AvgIpc) is 3.74. The number of carbonyl (C=O) groups excluding carboxylic acids is 3. The van der Waals surface area contributed by atoms with Gasteiger partial charge in [-0.2, -0.15) is 0 Å². The van der Waals surface area contributed by atoms with Crippen molar-refractivity contribution in [1.29, 1.82) is 0 Å². The van der Waals surface area contributed by atoms with Gasteiger partial charge in [0.2, 0.25) is 12.8 Å². The average molecular weight is 898 g/mol. The first-order valence-electron chi connectivity index (χ1n) is 20.5. The van der Waals surface area contributed by atoms with Crippen LogP contribution in [-0.4, -0.2) is 86.3 Å². The van der Waals surface area contributed by atoms with Gasteiger partial charge in [-0.1, -0.05) is 37.6 Å². The van der Waals surface area contributed by atoms with E-state index >= 15 is 0 Å². The molecule has 1 saturated heterocycles. The Kier molecular flexibility index (Phi) is 13.8. The number of nitrogens with one attached hydrogen (secondary N) is 3. The molecule has 1 aliphatic carbocycles. The summed E-state index contributed by atoms with van der Waals surface area (Å²) in [6.45, 7) is 6.69. The van der Waals surface area contributed by atoms with E-state index in [2.05, 4.69) is 29.1 Å². The van der Waals surface area contributed by atoms with Crippen molar-refractivity contribution in [3.63, 3.8) is 0 Å². The van der Waals surface area contributed by atoms with E-state index in [1.54, 1.807) is 23.2 Å². The van der Waals surface area contributed by atoms with Crippen molar-refractivity contribution >= 4 is 74.0 Å². The number of carbonyl (C=O) groups is 3. The molecular formula is C45H48ClN7O9S. The van der Waals surface area contributed by atoms with E-state index in [0.29, 0.717) is 54.5 Å². The maximum atomic E-state index is 13.9. The largest absolute Gasteiger partial charge is 0.455 e. The zero-order chi connectivity index (χ0) is 44.7. The van der Waals surface area contributed by atoms with Crippen LogP contribution in [0.25, 0.3) is 16.6 Å². The topological polar surface area (TPSA) is 206 Å². The van der Waals surface area contributed by atoms with Crippen molar-refractivity contribution in [3.05, 3.63) is 117 Å². The van der Waals surface area contributed by atoms with E-state index in [1.807, 2.05) is 29.0 Å². The summed E-state index contributed by atoms with van der Waals surface area (Å²) >= 11 is 6.19. The molecular weight excluding hydrogens is 850 g/mol. The Balaban J connectivity index is 1.12. The van der Waals surface area contributed by atoms with Crippen LogP contribution in [0.3, 0.4) is 0 Å². The molecule has 0 bridgehead atoms. The molecule has 0 saturated carbocycles. The predicted molar refractivity (Wildman–Crippen MR) is 239 cm³/mol. The maximum Gasteiger partial charge on any atom is 0.293 e. The van der Waals surface area contributed by atoms with Crippen LogP contribution in [0.5, 0.6) is 11.5 Å². The van der Waals surface area contributed by atoms with Gasteiger partial charge in [0, 0.05) is 73.8 Å². The van der Waals surface area contributed by atoms with Crippen molar-refractivity contribution in [1.82, 2.24) is 19.6 Å². The third-order valence-electron chi connectivity index (χ3n) is 11.4. The zero-order valence-corrected chi connectivity index (χ0v) is 36.4. The van der Waals surface area contributed by atoms with Crippen LogP contribution in [-0.2, 0) is 24.3 Å². The van der Waals surface area contributed by atoms with Gasteiger partial charge in [0.25, 0.3) is 21.6 Å². The summed E-state index contributed by atoms with van der Waals surface area (Å²) in [5, 5.41) is 16.5. The summed E-state index contributed by atoms with van der Waals surface area (Å²) in [5.41, 5.74) is 3.74. The number of pyridine rings is 1. The molecule has 1 aliphatic heterocycles. The Morgan fingerprint density at radius 2 is 1.83 bits per heavy atom. The first kappa shape index (κ1) is 44.7. The Morgan fingerprint density at radius 1 is 1.05 bits per heavy atom. The Bertz CT molecular complexity index is 2640. The Labute approximate surface area is 369 Å². The zero-order valence-electron chi connectivity index (χ0n) is 34.8. The number of nitrogens with zero attached hydrogens (tertiary/aromatic N) is 4. The molecule has 0 unspecified atom stereocenters. The van der Waals surface area contributed by atoms with E-state index in [4.69, 9.17) is 21.1 Å². The van der Waals surface area contributed by atoms with Crippen LogP contribution < -0.4 is 19.7 Å². The monoisotopic (exact) mass is 897 g/mol. The maximum absolute atomic E-state index is 13.9. The summed E-state index contributed by atoms with van der Waals surface area (Å²) in [6.07, 6.45) is 8.62. The molecule has 16 nitrogen and oxygen atoms in total. The molecule has 0 radical (unpaired) electrons. The molecule has 7 rings (SSSR count). The normalized spacial score (nSPS) is 15.4. The number of anilines is 2. The number of nitro groups is 1. The van der Waals surface area contributed by atoms with E-state index in [1.165, 1.54) is 47.0 Å². The summed E-state index contributed by atoms with van der Waals surface area (Å²) in [7, 11) is -4.66. The van der Waals surface area contributed by atoms with Gasteiger partial charge in [0.05, 0.1) is 21.6 Å². The van der Waals surface area contributed by atoms with E-state index in [-0.39, 0.29) is 47.2 Å². The van der Waals surface area contributed by atoms with Gasteiger partial charge in [-0.25, -0.2) is 18.1 Å². The van der Waals surface area contributed by atoms with E-state index in [0.717, 1.165) is 55.7 Å². The minimum Gasteiger partial charge on any atom is -0.455 e. The van der Waals surface area contributed by atoms with Gasteiger partial charge >= 0.3 is 0 Å². The predicted octanol–water partition coefficient (Wildman–Crippen LogP) is 7.96. The van der Waals surface area contributed by atoms with Gasteiger partial charge in [0.1, 0.15) is 22.8 Å². The van der Waals surface area contributed by atoms with Crippen LogP contribution in [0.15, 0.2) is 95.7 Å². The number of benzene rings is 3. The molecule has 0 atom stereocenters. The second kappa shape index (κ2) is 19.4. The van der Waals surface area contributed by atoms with Crippen LogP contribution in [0.2, 0.25) is 5.02 Å². The molecule has 2 aliphatic rings. The number of aromatic nitrogens is 2. The van der Waals surface area contributed by atoms with Crippen LogP contribution in [0.1, 0.15) is 61.9 Å².